The highest BCUT2D eigenvalue weighted by molar-refractivity contribution is 5.38. The highest BCUT2D eigenvalue weighted by atomic mass is 19.4. The van der Waals surface area contributed by atoms with E-state index >= 15 is 0 Å². The number of halogens is 3. The minimum absolute atomic E-state index is 0.111. The van der Waals surface area contributed by atoms with Crippen LogP contribution in [0.25, 0.3) is 0 Å². The van der Waals surface area contributed by atoms with Crippen molar-refractivity contribution >= 4 is 5.82 Å². The maximum atomic E-state index is 11.7. The van der Waals surface area contributed by atoms with Crippen molar-refractivity contribution in [2.24, 2.45) is 0 Å². The largest absolute Gasteiger partial charge is 0.411 e. The molecule has 1 heterocycles. The molecule has 1 rings (SSSR count). The van der Waals surface area contributed by atoms with E-state index in [9.17, 15) is 13.2 Å². The molecule has 0 fully saturated rings. The SMILES string of the molecule is Nc1ncccc1CCCCOCC(F)(F)F. The lowest BCUT2D eigenvalue weighted by molar-refractivity contribution is -0.174. The molecule has 3 nitrogen and oxygen atoms in total. The number of alkyl halides is 3. The van der Waals surface area contributed by atoms with Crippen LogP contribution in [0, 0.1) is 0 Å². The predicted molar refractivity (Wildman–Crippen MR) is 58.5 cm³/mol. The molecular formula is C11H15F3N2O. The summed E-state index contributed by atoms with van der Waals surface area (Å²) in [6, 6.07) is 3.64. The summed E-state index contributed by atoms with van der Waals surface area (Å²) in [5.41, 5.74) is 6.55. The van der Waals surface area contributed by atoms with Crippen LogP contribution in [0.2, 0.25) is 0 Å². The van der Waals surface area contributed by atoms with Gasteiger partial charge in [0.1, 0.15) is 12.4 Å². The van der Waals surface area contributed by atoms with E-state index < -0.39 is 12.8 Å². The second-order valence-corrected chi connectivity index (χ2v) is 3.67. The average Bonchev–Trinajstić information content (AvgIpc) is 2.24. The first kappa shape index (κ1) is 13.8. The van der Waals surface area contributed by atoms with Crippen molar-refractivity contribution in [2.75, 3.05) is 18.9 Å². The molecule has 0 saturated heterocycles. The van der Waals surface area contributed by atoms with E-state index in [4.69, 9.17) is 5.73 Å². The summed E-state index contributed by atoms with van der Waals surface area (Å²) in [5, 5.41) is 0. The molecule has 2 N–H and O–H groups in total. The summed E-state index contributed by atoms with van der Waals surface area (Å²) in [4.78, 5) is 3.92. The van der Waals surface area contributed by atoms with Crippen molar-refractivity contribution in [1.29, 1.82) is 0 Å². The maximum absolute atomic E-state index is 11.7. The van der Waals surface area contributed by atoms with Gasteiger partial charge in [-0.3, -0.25) is 0 Å². The van der Waals surface area contributed by atoms with Gasteiger partial charge in [0.2, 0.25) is 0 Å². The van der Waals surface area contributed by atoms with Crippen molar-refractivity contribution < 1.29 is 17.9 Å². The monoisotopic (exact) mass is 248 g/mol. The first-order valence-electron chi connectivity index (χ1n) is 5.33. The van der Waals surface area contributed by atoms with E-state index in [1.165, 1.54) is 0 Å². The van der Waals surface area contributed by atoms with Crippen LogP contribution in [0.4, 0.5) is 19.0 Å². The average molecular weight is 248 g/mol. The van der Waals surface area contributed by atoms with Crippen LogP contribution >= 0.6 is 0 Å². The first-order valence-corrected chi connectivity index (χ1v) is 5.33. The highest BCUT2D eigenvalue weighted by Crippen LogP contribution is 2.15. The van der Waals surface area contributed by atoms with Gasteiger partial charge in [0, 0.05) is 12.8 Å². The Kier molecular flexibility index (Phi) is 5.21. The van der Waals surface area contributed by atoms with Gasteiger partial charge in [-0.1, -0.05) is 6.07 Å². The lowest BCUT2D eigenvalue weighted by atomic mass is 10.1. The number of anilines is 1. The highest BCUT2D eigenvalue weighted by Gasteiger charge is 2.27. The molecule has 0 atom stereocenters. The number of nitrogens with two attached hydrogens (primary N) is 1. The third kappa shape index (κ3) is 6.11. The summed E-state index contributed by atoms with van der Waals surface area (Å²) in [5.74, 6) is 0.476. The zero-order valence-electron chi connectivity index (χ0n) is 9.33. The number of hydrogen-bond donors (Lipinski definition) is 1. The summed E-state index contributed by atoms with van der Waals surface area (Å²) in [6.45, 7) is -1.07. The van der Waals surface area contributed by atoms with Gasteiger partial charge in [-0.05, 0) is 30.9 Å². The number of ether oxygens (including phenoxy) is 1. The lowest BCUT2D eigenvalue weighted by Gasteiger charge is -2.07. The van der Waals surface area contributed by atoms with Gasteiger partial charge in [0.25, 0.3) is 0 Å². The van der Waals surface area contributed by atoms with Crippen molar-refractivity contribution in [3.8, 4) is 0 Å². The number of nitrogen functional groups attached to an aromatic ring is 1. The van der Waals surface area contributed by atoms with E-state index in [1.807, 2.05) is 6.07 Å². The number of aromatic nitrogens is 1. The Labute approximate surface area is 97.8 Å². The molecular weight excluding hydrogens is 233 g/mol. The molecule has 0 radical (unpaired) electrons. The molecule has 96 valence electrons. The summed E-state index contributed by atoms with van der Waals surface area (Å²) in [6.07, 6.45) is -0.633. The normalized spacial score (nSPS) is 11.7. The molecule has 0 unspecified atom stereocenters. The summed E-state index contributed by atoms with van der Waals surface area (Å²) in [7, 11) is 0. The van der Waals surface area contributed by atoms with Gasteiger partial charge < -0.3 is 10.5 Å². The van der Waals surface area contributed by atoms with Gasteiger partial charge in [-0.25, -0.2) is 4.98 Å². The zero-order valence-corrected chi connectivity index (χ0v) is 9.33. The third-order valence-electron chi connectivity index (χ3n) is 2.18. The Hall–Kier alpha value is -1.30. The van der Waals surface area contributed by atoms with Crippen LogP contribution < -0.4 is 5.73 Å². The maximum Gasteiger partial charge on any atom is 0.411 e. The van der Waals surface area contributed by atoms with E-state index in [1.54, 1.807) is 12.3 Å². The molecule has 17 heavy (non-hydrogen) atoms. The molecule has 0 bridgehead atoms. The van der Waals surface area contributed by atoms with Crippen LogP contribution in [-0.2, 0) is 11.2 Å². The fraction of sp³-hybridized carbons (Fsp3) is 0.545. The second kappa shape index (κ2) is 6.44. The Morgan fingerprint density at radius 2 is 2.06 bits per heavy atom. The van der Waals surface area contributed by atoms with E-state index in [-0.39, 0.29) is 6.61 Å². The van der Waals surface area contributed by atoms with E-state index in [0.29, 0.717) is 18.7 Å². The van der Waals surface area contributed by atoms with Gasteiger partial charge in [0.05, 0.1) is 0 Å². The molecule has 0 aliphatic carbocycles. The molecule has 1 aromatic rings. The summed E-state index contributed by atoms with van der Waals surface area (Å²) >= 11 is 0. The number of aryl methyl sites for hydroxylation is 1. The van der Waals surface area contributed by atoms with Gasteiger partial charge in [0.15, 0.2) is 0 Å². The van der Waals surface area contributed by atoms with Crippen molar-refractivity contribution in [3.63, 3.8) is 0 Å². The molecule has 0 amide bonds. The fourth-order valence-electron chi connectivity index (χ4n) is 1.37. The van der Waals surface area contributed by atoms with Crippen LogP contribution in [0.5, 0.6) is 0 Å². The predicted octanol–water partition coefficient (Wildman–Crippen LogP) is 2.57. The Morgan fingerprint density at radius 3 is 2.71 bits per heavy atom. The molecule has 0 saturated carbocycles. The Bertz CT molecular complexity index is 342. The second-order valence-electron chi connectivity index (χ2n) is 3.67. The molecule has 6 heteroatoms. The molecule has 1 aromatic heterocycles. The van der Waals surface area contributed by atoms with Crippen molar-refractivity contribution in [3.05, 3.63) is 23.9 Å². The fourth-order valence-corrected chi connectivity index (χ4v) is 1.37. The van der Waals surface area contributed by atoms with Crippen LogP contribution in [0.3, 0.4) is 0 Å². The van der Waals surface area contributed by atoms with E-state index in [0.717, 1.165) is 12.0 Å². The quantitative estimate of drug-likeness (QED) is 0.787. The van der Waals surface area contributed by atoms with Gasteiger partial charge >= 0.3 is 6.18 Å². The first-order chi connectivity index (χ1) is 7.99. The van der Waals surface area contributed by atoms with Crippen molar-refractivity contribution in [1.82, 2.24) is 4.98 Å². The number of unbranched alkanes of at least 4 members (excludes halogenated alkanes) is 1. The smallest absolute Gasteiger partial charge is 0.383 e. The van der Waals surface area contributed by atoms with Crippen LogP contribution in [0.1, 0.15) is 18.4 Å². The standard InChI is InChI=1S/C11H15F3N2O/c12-11(13,14)8-17-7-2-1-4-9-5-3-6-16-10(9)15/h3,5-6H,1-2,4,7-8H2,(H2,15,16). The number of rotatable bonds is 6. The number of hydrogen-bond acceptors (Lipinski definition) is 3. The van der Waals surface area contributed by atoms with Crippen LogP contribution in [-0.4, -0.2) is 24.4 Å². The Balaban J connectivity index is 2.11. The van der Waals surface area contributed by atoms with Gasteiger partial charge in [-0.15, -0.1) is 0 Å². The molecule has 0 aliphatic heterocycles. The zero-order chi connectivity index (χ0) is 12.7. The minimum atomic E-state index is -4.24. The van der Waals surface area contributed by atoms with Crippen molar-refractivity contribution in [2.45, 2.75) is 25.4 Å². The summed E-state index contributed by atoms with van der Waals surface area (Å²) < 4.78 is 39.7. The van der Waals surface area contributed by atoms with Crippen LogP contribution in [0.15, 0.2) is 18.3 Å². The lowest BCUT2D eigenvalue weighted by Crippen LogP contribution is -2.17. The molecule has 0 aromatic carbocycles. The van der Waals surface area contributed by atoms with E-state index in [2.05, 4.69) is 9.72 Å². The number of pyridine rings is 1. The minimum Gasteiger partial charge on any atom is -0.383 e. The number of nitrogens with zero attached hydrogens (tertiary/aromatic N) is 1. The Morgan fingerprint density at radius 1 is 1.29 bits per heavy atom. The third-order valence-corrected chi connectivity index (χ3v) is 2.18. The molecule has 0 spiro atoms. The topological polar surface area (TPSA) is 48.1 Å². The molecule has 0 aliphatic rings. The van der Waals surface area contributed by atoms with Gasteiger partial charge in [-0.2, -0.15) is 13.2 Å².